The van der Waals surface area contributed by atoms with Gasteiger partial charge in [-0.2, -0.15) is 0 Å². The van der Waals surface area contributed by atoms with Crippen LogP contribution >= 0.6 is 35.0 Å². The van der Waals surface area contributed by atoms with E-state index in [1.54, 1.807) is 23.9 Å². The molecule has 0 atom stereocenters. The first-order valence-electron chi connectivity index (χ1n) is 7.05. The first kappa shape index (κ1) is 18.6. The zero-order chi connectivity index (χ0) is 17.5. The van der Waals surface area contributed by atoms with Crippen molar-refractivity contribution >= 4 is 52.5 Å². The summed E-state index contributed by atoms with van der Waals surface area (Å²) in [7, 11) is 1.29. The van der Waals surface area contributed by atoms with Crippen LogP contribution in [0, 0.1) is 0 Å². The third-order valence-corrected chi connectivity index (χ3v) is 4.67. The Morgan fingerprint density at radius 2 is 1.83 bits per heavy atom. The molecule has 0 aromatic heterocycles. The molecule has 0 fully saturated rings. The van der Waals surface area contributed by atoms with E-state index in [1.165, 1.54) is 13.2 Å². The van der Waals surface area contributed by atoms with Crippen LogP contribution in [0.3, 0.4) is 0 Å². The second-order valence-corrected chi connectivity index (χ2v) is 6.80. The van der Waals surface area contributed by atoms with Gasteiger partial charge in [0, 0.05) is 22.1 Å². The maximum Gasteiger partial charge on any atom is 0.337 e. The summed E-state index contributed by atoms with van der Waals surface area (Å²) in [5.74, 6) is -0.0530. The Hall–Kier alpha value is -1.69. The van der Waals surface area contributed by atoms with Crippen LogP contribution in [-0.4, -0.2) is 24.7 Å². The number of ether oxygens (including phenoxy) is 1. The van der Waals surface area contributed by atoms with E-state index in [2.05, 4.69) is 10.1 Å². The number of methoxy groups -OCH3 is 1. The lowest BCUT2D eigenvalue weighted by Gasteiger charge is -2.09. The molecular formula is C17H15Cl2NO3S. The van der Waals surface area contributed by atoms with Gasteiger partial charge >= 0.3 is 5.97 Å². The average Bonchev–Trinajstić information content (AvgIpc) is 2.58. The first-order valence-corrected chi connectivity index (χ1v) is 8.80. The van der Waals surface area contributed by atoms with Crippen molar-refractivity contribution in [3.8, 4) is 0 Å². The quantitative estimate of drug-likeness (QED) is 0.569. The zero-order valence-corrected chi connectivity index (χ0v) is 15.2. The average molecular weight is 384 g/mol. The highest BCUT2D eigenvalue weighted by Crippen LogP contribution is 2.25. The van der Waals surface area contributed by atoms with Gasteiger partial charge in [0.2, 0.25) is 5.91 Å². The van der Waals surface area contributed by atoms with Crippen LogP contribution in [0.25, 0.3) is 0 Å². The molecule has 24 heavy (non-hydrogen) atoms. The predicted octanol–water partition coefficient (Wildman–Crippen LogP) is 4.90. The van der Waals surface area contributed by atoms with E-state index < -0.39 is 5.97 Å². The normalized spacial score (nSPS) is 10.3. The van der Waals surface area contributed by atoms with Crippen LogP contribution in [-0.2, 0) is 9.53 Å². The molecule has 7 heteroatoms. The molecule has 1 N–H and O–H groups in total. The summed E-state index contributed by atoms with van der Waals surface area (Å²) in [6.45, 7) is 0. The molecule has 2 aromatic carbocycles. The summed E-state index contributed by atoms with van der Waals surface area (Å²) in [6, 6.07) is 12.0. The number of hydrogen-bond acceptors (Lipinski definition) is 4. The highest BCUT2D eigenvalue weighted by atomic mass is 35.5. The summed E-state index contributed by atoms with van der Waals surface area (Å²) in [6.07, 6.45) is 0.312. The molecule has 0 saturated carbocycles. The molecule has 126 valence electrons. The smallest absolute Gasteiger partial charge is 0.337 e. The van der Waals surface area contributed by atoms with E-state index >= 15 is 0 Å². The van der Waals surface area contributed by atoms with Gasteiger partial charge in [-0.1, -0.05) is 23.2 Å². The molecule has 0 bridgehead atoms. The standard InChI is InChI=1S/C17H15Cl2NO3S/c1-23-17(22)11-2-7-14(19)15(10-11)20-16(21)8-9-24-13-5-3-12(18)4-6-13/h2-7,10H,8-9H2,1H3,(H,20,21). The van der Waals surface area contributed by atoms with Gasteiger partial charge in [0.15, 0.2) is 0 Å². The van der Waals surface area contributed by atoms with Gasteiger partial charge in [0.1, 0.15) is 0 Å². The Bertz CT molecular complexity index is 735. The number of hydrogen-bond donors (Lipinski definition) is 1. The van der Waals surface area contributed by atoms with Crippen molar-refractivity contribution < 1.29 is 14.3 Å². The SMILES string of the molecule is COC(=O)c1ccc(Cl)c(NC(=O)CCSc2ccc(Cl)cc2)c1. The minimum atomic E-state index is -0.486. The van der Waals surface area contributed by atoms with Crippen LogP contribution in [0.1, 0.15) is 16.8 Å². The van der Waals surface area contributed by atoms with Crippen molar-refractivity contribution in [3.63, 3.8) is 0 Å². The topological polar surface area (TPSA) is 55.4 Å². The molecule has 1 amide bonds. The summed E-state index contributed by atoms with van der Waals surface area (Å²) in [5, 5.41) is 3.75. The highest BCUT2D eigenvalue weighted by Gasteiger charge is 2.11. The fourth-order valence-corrected chi connectivity index (χ4v) is 3.01. The molecule has 0 unspecified atom stereocenters. The van der Waals surface area contributed by atoms with E-state index in [-0.39, 0.29) is 5.91 Å². The van der Waals surface area contributed by atoms with E-state index in [4.69, 9.17) is 23.2 Å². The van der Waals surface area contributed by atoms with E-state index in [0.29, 0.717) is 33.5 Å². The first-order chi connectivity index (χ1) is 11.5. The van der Waals surface area contributed by atoms with Gasteiger partial charge in [-0.25, -0.2) is 4.79 Å². The van der Waals surface area contributed by atoms with Gasteiger partial charge in [-0.05, 0) is 42.5 Å². The highest BCUT2D eigenvalue weighted by molar-refractivity contribution is 7.99. The second-order valence-electron chi connectivity index (χ2n) is 4.79. The number of nitrogens with one attached hydrogen (secondary N) is 1. The predicted molar refractivity (Wildman–Crippen MR) is 98.2 cm³/mol. The maximum absolute atomic E-state index is 12.0. The van der Waals surface area contributed by atoms with Crippen LogP contribution in [0.5, 0.6) is 0 Å². The van der Waals surface area contributed by atoms with E-state index in [9.17, 15) is 9.59 Å². The van der Waals surface area contributed by atoms with Crippen LogP contribution < -0.4 is 5.32 Å². The lowest BCUT2D eigenvalue weighted by atomic mass is 10.2. The zero-order valence-electron chi connectivity index (χ0n) is 12.8. The van der Waals surface area contributed by atoms with Crippen LogP contribution in [0.2, 0.25) is 10.0 Å². The lowest BCUT2D eigenvalue weighted by molar-refractivity contribution is -0.115. The Morgan fingerprint density at radius 3 is 2.50 bits per heavy atom. The summed E-state index contributed by atoms with van der Waals surface area (Å²) in [4.78, 5) is 24.6. The number of amides is 1. The van der Waals surface area contributed by atoms with Crippen molar-refractivity contribution in [1.29, 1.82) is 0 Å². The van der Waals surface area contributed by atoms with E-state index in [0.717, 1.165) is 4.90 Å². The van der Waals surface area contributed by atoms with Gasteiger partial charge in [-0.15, -0.1) is 11.8 Å². The fraction of sp³-hybridized carbons (Fsp3) is 0.176. The Balaban J connectivity index is 1.90. The largest absolute Gasteiger partial charge is 0.465 e. The molecule has 4 nitrogen and oxygen atoms in total. The molecule has 0 saturated heterocycles. The molecule has 2 aromatic rings. The van der Waals surface area contributed by atoms with Crippen molar-refractivity contribution in [3.05, 3.63) is 58.1 Å². The number of anilines is 1. The lowest BCUT2D eigenvalue weighted by Crippen LogP contribution is -2.13. The van der Waals surface area contributed by atoms with Gasteiger partial charge in [-0.3, -0.25) is 4.79 Å². The van der Waals surface area contributed by atoms with Crippen molar-refractivity contribution in [2.75, 3.05) is 18.2 Å². The van der Waals surface area contributed by atoms with Crippen molar-refractivity contribution in [1.82, 2.24) is 0 Å². The molecule has 0 aliphatic carbocycles. The minimum absolute atomic E-state index is 0.180. The number of halogens is 2. The van der Waals surface area contributed by atoms with Crippen molar-refractivity contribution in [2.24, 2.45) is 0 Å². The van der Waals surface area contributed by atoms with E-state index in [1.807, 2.05) is 24.3 Å². The Morgan fingerprint density at radius 1 is 1.12 bits per heavy atom. The summed E-state index contributed by atoms with van der Waals surface area (Å²) < 4.78 is 4.65. The second kappa shape index (κ2) is 8.97. The van der Waals surface area contributed by atoms with Gasteiger partial charge < -0.3 is 10.1 Å². The van der Waals surface area contributed by atoms with Crippen LogP contribution in [0.4, 0.5) is 5.69 Å². The molecule has 2 rings (SSSR count). The molecule has 0 aliphatic rings. The minimum Gasteiger partial charge on any atom is -0.465 e. The summed E-state index contributed by atoms with van der Waals surface area (Å²) in [5.41, 5.74) is 0.716. The summed E-state index contributed by atoms with van der Waals surface area (Å²) >= 11 is 13.4. The molecular weight excluding hydrogens is 369 g/mol. The van der Waals surface area contributed by atoms with Crippen molar-refractivity contribution in [2.45, 2.75) is 11.3 Å². The third kappa shape index (κ3) is 5.44. The monoisotopic (exact) mass is 383 g/mol. The Kier molecular flexibility index (Phi) is 6.97. The number of rotatable bonds is 6. The third-order valence-electron chi connectivity index (χ3n) is 3.07. The fourth-order valence-electron chi connectivity index (χ4n) is 1.87. The number of carbonyl (C=O) groups excluding carboxylic acids is 2. The van der Waals surface area contributed by atoms with Crippen LogP contribution in [0.15, 0.2) is 47.4 Å². The molecule has 0 radical (unpaired) electrons. The molecule has 0 spiro atoms. The molecule has 0 aliphatic heterocycles. The van der Waals surface area contributed by atoms with Gasteiger partial charge in [0.05, 0.1) is 23.4 Å². The number of thioether (sulfide) groups is 1. The number of carbonyl (C=O) groups is 2. The Labute approximate surface area is 154 Å². The van der Waals surface area contributed by atoms with Gasteiger partial charge in [0.25, 0.3) is 0 Å². The molecule has 0 heterocycles. The number of benzene rings is 2. The number of esters is 1. The maximum atomic E-state index is 12.0.